The first kappa shape index (κ1) is 21.4. The second-order valence-electron chi connectivity index (χ2n) is 7.04. The summed E-state index contributed by atoms with van der Waals surface area (Å²) in [6.45, 7) is 3.73. The van der Waals surface area contributed by atoms with E-state index in [9.17, 15) is 9.59 Å². The molecule has 0 fully saturated rings. The van der Waals surface area contributed by atoms with Gasteiger partial charge in [-0.2, -0.15) is 0 Å². The Morgan fingerprint density at radius 2 is 1.77 bits per heavy atom. The van der Waals surface area contributed by atoms with Gasteiger partial charge in [0.2, 0.25) is 0 Å². The van der Waals surface area contributed by atoms with Crippen molar-refractivity contribution >= 4 is 17.5 Å². The van der Waals surface area contributed by atoms with Crippen LogP contribution < -0.4 is 29.7 Å². The van der Waals surface area contributed by atoms with Gasteiger partial charge >= 0.3 is 0 Å². The number of methoxy groups -OCH3 is 1. The van der Waals surface area contributed by atoms with E-state index in [1.165, 1.54) is 0 Å². The third-order valence-corrected chi connectivity index (χ3v) is 4.79. The van der Waals surface area contributed by atoms with Gasteiger partial charge in [0.15, 0.2) is 24.6 Å². The zero-order valence-electron chi connectivity index (χ0n) is 17.3. The summed E-state index contributed by atoms with van der Waals surface area (Å²) in [6.07, 6.45) is -0.243. The number of ether oxygens (including phenoxy) is 3. The number of quaternary nitrogens is 1. The third-order valence-electron chi connectivity index (χ3n) is 4.79. The maximum absolute atomic E-state index is 12.3. The van der Waals surface area contributed by atoms with Gasteiger partial charge in [0, 0.05) is 5.69 Å². The average molecular weight is 414 g/mol. The lowest BCUT2D eigenvalue weighted by molar-refractivity contribution is -0.881. The smallest absolute Gasteiger partial charge is 0.279 e. The molecular formula is C22H28N3O5+. The summed E-state index contributed by atoms with van der Waals surface area (Å²) in [5, 5.41) is 5.71. The molecule has 8 heteroatoms. The van der Waals surface area contributed by atoms with E-state index in [0.29, 0.717) is 36.9 Å². The van der Waals surface area contributed by atoms with Crippen molar-refractivity contribution in [1.29, 1.82) is 0 Å². The fourth-order valence-electron chi connectivity index (χ4n) is 3.10. The Labute approximate surface area is 176 Å². The van der Waals surface area contributed by atoms with Crippen molar-refractivity contribution in [2.24, 2.45) is 0 Å². The minimum absolute atomic E-state index is 0.133. The molecule has 0 saturated heterocycles. The fraction of sp³-hybridized carbons (Fsp3) is 0.364. The Balaban J connectivity index is 1.41. The SMILES string of the molecule is CC[NH+](CC(=O)NC[C@@H]1COc2ccccc2O1)CC(=O)Nc1ccc(OC)cc1. The second-order valence-corrected chi connectivity index (χ2v) is 7.04. The van der Waals surface area contributed by atoms with Crippen molar-refractivity contribution in [3.8, 4) is 17.2 Å². The predicted molar refractivity (Wildman–Crippen MR) is 112 cm³/mol. The minimum atomic E-state index is -0.243. The van der Waals surface area contributed by atoms with E-state index in [2.05, 4.69) is 10.6 Å². The zero-order valence-corrected chi connectivity index (χ0v) is 17.3. The molecule has 0 spiro atoms. The highest BCUT2D eigenvalue weighted by molar-refractivity contribution is 5.91. The van der Waals surface area contributed by atoms with Crippen molar-refractivity contribution in [3.05, 3.63) is 48.5 Å². The van der Waals surface area contributed by atoms with Crippen molar-refractivity contribution in [2.75, 3.05) is 45.2 Å². The third kappa shape index (κ3) is 6.12. The molecule has 0 radical (unpaired) electrons. The summed E-state index contributed by atoms with van der Waals surface area (Å²) in [4.78, 5) is 25.5. The standard InChI is InChI=1S/C22H27N3O5/c1-3-25(14-22(27)24-16-8-10-17(28-2)11-9-16)13-21(26)23-12-18-15-29-19-6-4-5-7-20(19)30-18/h4-11,18H,3,12-15H2,1-2H3,(H,23,26)(H,24,27)/p+1/t18-/m1/s1. The van der Waals surface area contributed by atoms with Crippen LogP contribution in [0.3, 0.4) is 0 Å². The predicted octanol–water partition coefficient (Wildman–Crippen LogP) is 0.495. The molecule has 2 aromatic rings. The van der Waals surface area contributed by atoms with Gasteiger partial charge in [-0.1, -0.05) is 12.1 Å². The highest BCUT2D eigenvalue weighted by Crippen LogP contribution is 2.30. The van der Waals surface area contributed by atoms with Crippen LogP contribution in [-0.4, -0.2) is 57.8 Å². The fourth-order valence-corrected chi connectivity index (χ4v) is 3.10. The Kier molecular flexibility index (Phi) is 7.51. The molecular weight excluding hydrogens is 386 g/mol. The molecule has 160 valence electrons. The number of benzene rings is 2. The van der Waals surface area contributed by atoms with Crippen LogP contribution in [0.2, 0.25) is 0 Å². The van der Waals surface area contributed by atoms with Gasteiger partial charge in [0.05, 0.1) is 20.2 Å². The van der Waals surface area contributed by atoms with Gasteiger partial charge in [-0.3, -0.25) is 9.59 Å². The second kappa shape index (κ2) is 10.5. The van der Waals surface area contributed by atoms with Crippen LogP contribution in [-0.2, 0) is 9.59 Å². The molecule has 0 bridgehead atoms. The quantitative estimate of drug-likeness (QED) is 0.556. The first-order valence-electron chi connectivity index (χ1n) is 10.00. The Morgan fingerprint density at radius 3 is 2.47 bits per heavy atom. The molecule has 3 rings (SSSR count). The number of anilines is 1. The van der Waals surface area contributed by atoms with Gasteiger partial charge in [0.25, 0.3) is 11.8 Å². The number of para-hydroxylation sites is 2. The van der Waals surface area contributed by atoms with Crippen molar-refractivity contribution in [2.45, 2.75) is 13.0 Å². The lowest BCUT2D eigenvalue weighted by atomic mass is 10.2. The number of likely N-dealkylation sites (N-methyl/N-ethyl adjacent to an activating group) is 1. The molecule has 1 aliphatic heterocycles. The number of hydrogen-bond acceptors (Lipinski definition) is 5. The normalized spacial score (nSPS) is 15.7. The number of rotatable bonds is 9. The van der Waals surface area contributed by atoms with Crippen LogP contribution in [0, 0.1) is 0 Å². The molecule has 0 aliphatic carbocycles. The maximum Gasteiger partial charge on any atom is 0.279 e. The zero-order chi connectivity index (χ0) is 21.3. The Bertz CT molecular complexity index is 856. The maximum atomic E-state index is 12.3. The van der Waals surface area contributed by atoms with Crippen molar-refractivity contribution in [3.63, 3.8) is 0 Å². The molecule has 2 aromatic carbocycles. The molecule has 1 unspecified atom stereocenters. The van der Waals surface area contributed by atoms with Crippen LogP contribution in [0.1, 0.15) is 6.92 Å². The van der Waals surface area contributed by atoms with E-state index in [4.69, 9.17) is 14.2 Å². The average Bonchev–Trinajstić information content (AvgIpc) is 2.77. The topological polar surface area (TPSA) is 90.3 Å². The largest absolute Gasteiger partial charge is 0.497 e. The summed E-state index contributed by atoms with van der Waals surface area (Å²) in [5.74, 6) is 1.84. The highest BCUT2D eigenvalue weighted by atomic mass is 16.6. The number of fused-ring (bicyclic) bond motifs is 1. The summed E-state index contributed by atoms with van der Waals surface area (Å²) in [7, 11) is 1.59. The molecule has 2 amide bonds. The molecule has 0 saturated carbocycles. The monoisotopic (exact) mass is 414 g/mol. The van der Waals surface area contributed by atoms with Crippen LogP contribution in [0.25, 0.3) is 0 Å². The number of carbonyl (C=O) groups is 2. The van der Waals surface area contributed by atoms with Crippen LogP contribution in [0.5, 0.6) is 17.2 Å². The van der Waals surface area contributed by atoms with E-state index < -0.39 is 0 Å². The lowest BCUT2D eigenvalue weighted by Gasteiger charge is -2.26. The van der Waals surface area contributed by atoms with Gasteiger partial charge < -0.3 is 29.7 Å². The molecule has 1 aliphatic rings. The van der Waals surface area contributed by atoms with E-state index in [-0.39, 0.29) is 31.0 Å². The minimum Gasteiger partial charge on any atom is -0.497 e. The van der Waals surface area contributed by atoms with E-state index in [1.807, 2.05) is 31.2 Å². The van der Waals surface area contributed by atoms with Gasteiger partial charge in [-0.25, -0.2) is 0 Å². The highest BCUT2D eigenvalue weighted by Gasteiger charge is 2.22. The molecule has 0 aromatic heterocycles. The lowest BCUT2D eigenvalue weighted by Crippen LogP contribution is -3.14. The van der Waals surface area contributed by atoms with E-state index in [0.717, 1.165) is 10.6 Å². The van der Waals surface area contributed by atoms with Crippen LogP contribution in [0.15, 0.2) is 48.5 Å². The summed E-state index contributed by atoms with van der Waals surface area (Å²) in [5.41, 5.74) is 0.690. The Morgan fingerprint density at radius 1 is 1.07 bits per heavy atom. The summed E-state index contributed by atoms with van der Waals surface area (Å²) < 4.78 is 16.6. The van der Waals surface area contributed by atoms with E-state index >= 15 is 0 Å². The molecule has 8 nitrogen and oxygen atoms in total. The molecule has 30 heavy (non-hydrogen) atoms. The number of carbonyl (C=O) groups excluding carboxylic acids is 2. The van der Waals surface area contributed by atoms with Crippen molar-refractivity contribution < 1.29 is 28.7 Å². The van der Waals surface area contributed by atoms with Crippen molar-refractivity contribution in [1.82, 2.24) is 5.32 Å². The van der Waals surface area contributed by atoms with E-state index in [1.54, 1.807) is 31.4 Å². The summed E-state index contributed by atoms with van der Waals surface area (Å²) in [6, 6.07) is 14.6. The van der Waals surface area contributed by atoms with Gasteiger partial charge in [0.1, 0.15) is 18.5 Å². The first-order chi connectivity index (χ1) is 14.6. The molecule has 2 atom stereocenters. The van der Waals surface area contributed by atoms with Crippen LogP contribution >= 0.6 is 0 Å². The van der Waals surface area contributed by atoms with Gasteiger partial charge in [-0.15, -0.1) is 0 Å². The van der Waals surface area contributed by atoms with Gasteiger partial charge in [-0.05, 0) is 43.3 Å². The number of hydrogen-bond donors (Lipinski definition) is 3. The number of amides is 2. The number of nitrogens with one attached hydrogen (secondary N) is 3. The summed E-state index contributed by atoms with van der Waals surface area (Å²) >= 11 is 0. The Hall–Kier alpha value is -3.26. The molecule has 1 heterocycles. The van der Waals surface area contributed by atoms with Crippen LogP contribution in [0.4, 0.5) is 5.69 Å². The first-order valence-corrected chi connectivity index (χ1v) is 10.00. The molecule has 3 N–H and O–H groups in total.